The molecule has 0 atom stereocenters. The average molecular weight is 316 g/mol. The number of hydrogen-bond acceptors (Lipinski definition) is 8. The smallest absolute Gasteiger partial charge is 0.252 e. The Labute approximate surface area is 133 Å². The molecule has 0 saturated heterocycles. The first-order valence-electron chi connectivity index (χ1n) is 6.59. The van der Waals surface area contributed by atoms with E-state index in [9.17, 15) is 0 Å². The number of nitriles is 1. The van der Waals surface area contributed by atoms with Crippen LogP contribution in [-0.2, 0) is 0 Å². The first-order valence-corrected chi connectivity index (χ1v) is 6.59. The molecule has 1 N–H and O–H groups in total. The van der Waals surface area contributed by atoms with E-state index in [1.807, 2.05) is 6.07 Å². The van der Waals surface area contributed by atoms with Crippen LogP contribution in [0.5, 0.6) is 17.2 Å². The van der Waals surface area contributed by atoms with Crippen LogP contribution in [0.2, 0.25) is 0 Å². The van der Waals surface area contributed by atoms with Crippen molar-refractivity contribution in [2.45, 2.75) is 6.92 Å². The number of hydrazone groups is 1. The van der Waals surface area contributed by atoms with Crippen LogP contribution in [-0.4, -0.2) is 32.5 Å². The topological polar surface area (TPSA) is 102 Å². The number of oxazole rings is 1. The molecule has 0 aliphatic heterocycles. The van der Waals surface area contributed by atoms with E-state index in [1.54, 1.807) is 19.1 Å². The fourth-order valence-corrected chi connectivity index (χ4v) is 1.92. The van der Waals surface area contributed by atoms with Crippen molar-refractivity contribution in [3.63, 3.8) is 0 Å². The van der Waals surface area contributed by atoms with Crippen molar-refractivity contribution in [2.24, 2.45) is 5.10 Å². The number of ether oxygens (including phenoxy) is 3. The SMILES string of the molecule is COc1cc(/C=N/Nc2oc(C)nc2C#N)cc(OC)c1OC. The maximum Gasteiger partial charge on any atom is 0.252 e. The maximum atomic E-state index is 8.93. The molecule has 0 fully saturated rings. The number of benzene rings is 1. The van der Waals surface area contributed by atoms with Gasteiger partial charge in [0.25, 0.3) is 5.88 Å². The second kappa shape index (κ2) is 7.17. The van der Waals surface area contributed by atoms with Gasteiger partial charge < -0.3 is 18.6 Å². The van der Waals surface area contributed by atoms with Crippen molar-refractivity contribution in [2.75, 3.05) is 26.8 Å². The third-order valence-corrected chi connectivity index (χ3v) is 2.91. The first kappa shape index (κ1) is 16.2. The second-order valence-corrected chi connectivity index (χ2v) is 4.35. The summed E-state index contributed by atoms with van der Waals surface area (Å²) in [6.45, 7) is 1.65. The van der Waals surface area contributed by atoms with Gasteiger partial charge in [0.05, 0.1) is 27.5 Å². The summed E-state index contributed by atoms with van der Waals surface area (Å²) < 4.78 is 21.0. The van der Waals surface area contributed by atoms with Gasteiger partial charge in [-0.2, -0.15) is 10.4 Å². The Balaban J connectivity index is 2.24. The van der Waals surface area contributed by atoms with E-state index in [2.05, 4.69) is 15.5 Å². The number of anilines is 1. The van der Waals surface area contributed by atoms with Crippen molar-refractivity contribution in [3.8, 4) is 23.3 Å². The molecule has 23 heavy (non-hydrogen) atoms. The van der Waals surface area contributed by atoms with Crippen molar-refractivity contribution < 1.29 is 18.6 Å². The highest BCUT2D eigenvalue weighted by Crippen LogP contribution is 2.37. The number of nitrogens with zero attached hydrogens (tertiary/aromatic N) is 3. The lowest BCUT2D eigenvalue weighted by atomic mass is 10.2. The van der Waals surface area contributed by atoms with Gasteiger partial charge in [0, 0.05) is 12.5 Å². The molecule has 8 heteroatoms. The summed E-state index contributed by atoms with van der Waals surface area (Å²) in [4.78, 5) is 3.91. The van der Waals surface area contributed by atoms with Crippen LogP contribution in [0.25, 0.3) is 0 Å². The largest absolute Gasteiger partial charge is 0.493 e. The van der Waals surface area contributed by atoms with Gasteiger partial charge in [-0.15, -0.1) is 0 Å². The Kier molecular flexibility index (Phi) is 5.04. The van der Waals surface area contributed by atoms with Crippen LogP contribution in [0.4, 0.5) is 5.88 Å². The van der Waals surface area contributed by atoms with E-state index in [1.165, 1.54) is 27.5 Å². The predicted octanol–water partition coefficient (Wildman–Crippen LogP) is 2.33. The molecule has 2 rings (SSSR count). The molecule has 0 bridgehead atoms. The zero-order valence-corrected chi connectivity index (χ0v) is 13.2. The zero-order chi connectivity index (χ0) is 16.8. The van der Waals surface area contributed by atoms with Crippen LogP contribution in [0, 0.1) is 18.3 Å². The molecule has 8 nitrogen and oxygen atoms in total. The van der Waals surface area contributed by atoms with Crippen LogP contribution < -0.4 is 19.6 Å². The third-order valence-electron chi connectivity index (χ3n) is 2.91. The van der Waals surface area contributed by atoms with Crippen molar-refractivity contribution >= 4 is 12.1 Å². The van der Waals surface area contributed by atoms with Gasteiger partial charge in [0.15, 0.2) is 17.4 Å². The normalized spacial score (nSPS) is 10.4. The molecule has 0 saturated carbocycles. The summed E-state index contributed by atoms with van der Waals surface area (Å²) in [5, 5.41) is 13.0. The second-order valence-electron chi connectivity index (χ2n) is 4.35. The summed E-state index contributed by atoms with van der Waals surface area (Å²) >= 11 is 0. The summed E-state index contributed by atoms with van der Waals surface area (Å²) in [5.74, 6) is 2.10. The number of aryl methyl sites for hydroxylation is 1. The molecule has 0 aliphatic rings. The molecule has 1 heterocycles. The molecule has 120 valence electrons. The highest BCUT2D eigenvalue weighted by molar-refractivity contribution is 5.83. The molecular weight excluding hydrogens is 300 g/mol. The van der Waals surface area contributed by atoms with Crippen molar-refractivity contribution in [1.29, 1.82) is 5.26 Å². The third kappa shape index (κ3) is 3.52. The Morgan fingerprint density at radius 2 is 1.87 bits per heavy atom. The molecule has 0 radical (unpaired) electrons. The van der Waals surface area contributed by atoms with Gasteiger partial charge in [-0.1, -0.05) is 0 Å². The molecule has 0 aliphatic carbocycles. The zero-order valence-electron chi connectivity index (χ0n) is 13.2. The van der Waals surface area contributed by atoms with E-state index in [0.29, 0.717) is 28.7 Å². The van der Waals surface area contributed by atoms with E-state index >= 15 is 0 Å². The molecule has 1 aromatic carbocycles. The van der Waals surface area contributed by atoms with E-state index < -0.39 is 0 Å². The van der Waals surface area contributed by atoms with Crippen LogP contribution in [0.3, 0.4) is 0 Å². The Morgan fingerprint density at radius 3 is 2.39 bits per heavy atom. The molecule has 1 aromatic heterocycles. The van der Waals surface area contributed by atoms with E-state index in [-0.39, 0.29) is 11.6 Å². The summed E-state index contributed by atoms with van der Waals surface area (Å²) in [5.41, 5.74) is 3.49. The first-order chi connectivity index (χ1) is 11.1. The van der Waals surface area contributed by atoms with Gasteiger partial charge in [-0.05, 0) is 12.1 Å². The van der Waals surface area contributed by atoms with Gasteiger partial charge in [0.2, 0.25) is 11.4 Å². The minimum atomic E-state index is 0.143. The minimum absolute atomic E-state index is 0.143. The number of hydrogen-bond donors (Lipinski definition) is 1. The summed E-state index contributed by atoms with van der Waals surface area (Å²) in [6, 6.07) is 5.40. The van der Waals surface area contributed by atoms with E-state index in [0.717, 1.165) is 0 Å². The Hall–Kier alpha value is -3.21. The minimum Gasteiger partial charge on any atom is -0.493 e. The van der Waals surface area contributed by atoms with Crippen molar-refractivity contribution in [1.82, 2.24) is 4.98 Å². The maximum absolute atomic E-state index is 8.93. The quantitative estimate of drug-likeness (QED) is 0.644. The molecule has 2 aromatic rings. The molecule has 0 unspecified atom stereocenters. The van der Waals surface area contributed by atoms with E-state index in [4.69, 9.17) is 23.9 Å². The lowest BCUT2D eigenvalue weighted by Gasteiger charge is -2.12. The monoisotopic (exact) mass is 316 g/mol. The van der Waals surface area contributed by atoms with Gasteiger partial charge in [-0.25, -0.2) is 10.4 Å². The van der Waals surface area contributed by atoms with Crippen LogP contribution in [0.1, 0.15) is 17.1 Å². The van der Waals surface area contributed by atoms with Crippen LogP contribution >= 0.6 is 0 Å². The van der Waals surface area contributed by atoms with Gasteiger partial charge in [0.1, 0.15) is 6.07 Å². The summed E-state index contributed by atoms with van der Waals surface area (Å²) in [6.07, 6.45) is 1.53. The molecule has 0 amide bonds. The highest BCUT2D eigenvalue weighted by Gasteiger charge is 2.12. The van der Waals surface area contributed by atoms with Gasteiger partial charge >= 0.3 is 0 Å². The Morgan fingerprint density at radius 1 is 1.22 bits per heavy atom. The summed E-state index contributed by atoms with van der Waals surface area (Å²) in [7, 11) is 4.60. The molecule has 0 spiro atoms. The Bertz CT molecular complexity index is 736. The highest BCUT2D eigenvalue weighted by atomic mass is 16.5. The van der Waals surface area contributed by atoms with Gasteiger partial charge in [-0.3, -0.25) is 0 Å². The molecular formula is C15H16N4O4. The number of aromatic nitrogens is 1. The van der Waals surface area contributed by atoms with Crippen LogP contribution in [0.15, 0.2) is 21.7 Å². The fourth-order valence-electron chi connectivity index (χ4n) is 1.92. The average Bonchev–Trinajstić information content (AvgIpc) is 2.93. The standard InChI is InChI=1S/C15H16N4O4/c1-9-18-11(7-16)15(23-9)19-17-8-10-5-12(20-2)14(22-4)13(6-10)21-3/h5-6,8,19H,1-4H3/b17-8+. The number of rotatable bonds is 6. The number of nitrogens with one attached hydrogen (secondary N) is 1. The fraction of sp³-hybridized carbons (Fsp3) is 0.267. The predicted molar refractivity (Wildman–Crippen MR) is 83.3 cm³/mol. The lowest BCUT2D eigenvalue weighted by Crippen LogP contribution is -1.97. The lowest BCUT2D eigenvalue weighted by molar-refractivity contribution is 0.324. The van der Waals surface area contributed by atoms with Crippen molar-refractivity contribution in [3.05, 3.63) is 29.3 Å². The number of methoxy groups -OCH3 is 3.